The van der Waals surface area contributed by atoms with Crippen molar-refractivity contribution in [2.75, 3.05) is 0 Å². The third-order valence-corrected chi connectivity index (χ3v) is 3.66. The second-order valence-electron chi connectivity index (χ2n) is 5.45. The topological polar surface area (TPSA) is 173 Å². The SMILES string of the molecule is C.O=C(O)C(=O)O.O=C(O)C1(C(=O)O)CC1.[CH2-][C@@H]1CCCC[C@H]1[NH-].[Pt+2]. The molecule has 2 atom stereocenters. The maximum atomic E-state index is 10.1. The Balaban J connectivity index is -0.000000285. The Morgan fingerprint density at radius 2 is 1.24 bits per heavy atom. The fourth-order valence-electron chi connectivity index (χ4n) is 1.85. The van der Waals surface area contributed by atoms with Crippen molar-refractivity contribution < 1.29 is 60.7 Å². The third kappa shape index (κ3) is 10.2. The molecule has 2 aliphatic rings. The molecule has 9 nitrogen and oxygen atoms in total. The van der Waals surface area contributed by atoms with Crippen LogP contribution in [0.5, 0.6) is 0 Å². The number of hydrogen-bond acceptors (Lipinski definition) is 4. The zero-order chi connectivity index (χ0) is 18.2. The standard InChI is InChI=1S/C7H13N.C5H6O4.C2H2O4.CH4.Pt/c1-6-4-2-3-5-7(6)8;6-3(7)5(1-2-5)4(8)9;3-1(4)2(5)6;;/h6-8H,1-5H2;1-2H2,(H,6,7)(H,8,9);(H,3,4)(H,5,6);1H4;/q-2;;;;+2/t6-,7-;;;;/m1..../s1. The molecular formula is C15H25NO8Pt. The van der Waals surface area contributed by atoms with Gasteiger partial charge in [-0.15, -0.1) is 0 Å². The number of carboxylic acid groups (broad SMARTS) is 4. The molecule has 2 saturated carbocycles. The Hall–Kier alpha value is -1.47. The van der Waals surface area contributed by atoms with Crippen molar-refractivity contribution in [1.29, 1.82) is 0 Å². The van der Waals surface area contributed by atoms with Crippen LogP contribution in [0.1, 0.15) is 46.0 Å². The number of hydrogen-bond donors (Lipinski definition) is 4. The largest absolute Gasteiger partial charge is 2.00 e. The molecule has 0 spiro atoms. The van der Waals surface area contributed by atoms with Crippen LogP contribution in [-0.2, 0) is 40.2 Å². The van der Waals surface area contributed by atoms with Crippen molar-refractivity contribution in [3.8, 4) is 0 Å². The van der Waals surface area contributed by atoms with Gasteiger partial charge in [-0.25, -0.2) is 9.59 Å². The molecule has 5 N–H and O–H groups in total. The van der Waals surface area contributed by atoms with Crippen LogP contribution < -0.4 is 0 Å². The van der Waals surface area contributed by atoms with Crippen molar-refractivity contribution in [2.45, 2.75) is 52.0 Å². The molecule has 2 rings (SSSR count). The number of carboxylic acids is 4. The van der Waals surface area contributed by atoms with Gasteiger partial charge >= 0.3 is 44.9 Å². The van der Waals surface area contributed by atoms with Crippen LogP contribution in [-0.4, -0.2) is 50.3 Å². The number of nitrogens with one attached hydrogen (secondary N) is 1. The Labute approximate surface area is 160 Å². The quantitative estimate of drug-likeness (QED) is 0.233. The van der Waals surface area contributed by atoms with E-state index in [-0.39, 0.29) is 47.4 Å². The second kappa shape index (κ2) is 12.8. The van der Waals surface area contributed by atoms with Gasteiger partial charge in [-0.1, -0.05) is 33.1 Å². The van der Waals surface area contributed by atoms with Gasteiger partial charge in [0.2, 0.25) is 0 Å². The van der Waals surface area contributed by atoms with E-state index in [0.717, 1.165) is 6.42 Å². The van der Waals surface area contributed by atoms with Crippen LogP contribution in [0.4, 0.5) is 0 Å². The molecule has 10 heteroatoms. The molecular weight excluding hydrogens is 517 g/mol. The fraction of sp³-hybridized carbons (Fsp3) is 0.667. The predicted molar refractivity (Wildman–Crippen MR) is 84.4 cm³/mol. The average Bonchev–Trinajstić information content (AvgIpc) is 3.25. The van der Waals surface area contributed by atoms with E-state index < -0.39 is 29.3 Å². The van der Waals surface area contributed by atoms with E-state index in [1.54, 1.807) is 0 Å². The first kappa shape index (κ1) is 28.3. The van der Waals surface area contributed by atoms with Crippen molar-refractivity contribution >= 4 is 23.9 Å². The summed E-state index contributed by atoms with van der Waals surface area (Å²) in [5, 5.41) is 31.4. The van der Waals surface area contributed by atoms with Crippen LogP contribution in [0, 0.1) is 18.3 Å². The van der Waals surface area contributed by atoms with E-state index in [1.807, 2.05) is 0 Å². The monoisotopic (exact) mass is 542 g/mol. The summed E-state index contributed by atoms with van der Waals surface area (Å²) in [6.45, 7) is 3.89. The Morgan fingerprint density at radius 3 is 1.36 bits per heavy atom. The molecule has 2 aliphatic carbocycles. The molecule has 148 valence electrons. The van der Waals surface area contributed by atoms with Crippen LogP contribution in [0.2, 0.25) is 0 Å². The second-order valence-corrected chi connectivity index (χ2v) is 5.45. The van der Waals surface area contributed by atoms with Gasteiger partial charge in [-0.3, -0.25) is 9.59 Å². The van der Waals surface area contributed by atoms with Gasteiger partial charge in [-0.05, 0) is 12.8 Å². The number of aliphatic carboxylic acids is 4. The molecule has 0 radical (unpaired) electrons. The first-order valence-corrected chi connectivity index (χ1v) is 7.01. The predicted octanol–water partition coefficient (Wildman–Crippen LogP) is 2.16. The first-order valence-electron chi connectivity index (χ1n) is 7.01. The summed E-state index contributed by atoms with van der Waals surface area (Å²) in [5.41, 5.74) is 6.00. The third-order valence-electron chi connectivity index (χ3n) is 3.66. The maximum absolute atomic E-state index is 10.1. The molecule has 0 heterocycles. The number of rotatable bonds is 2. The zero-order valence-corrected chi connectivity index (χ0v) is 15.1. The molecule has 25 heavy (non-hydrogen) atoms. The molecule has 0 amide bonds. The van der Waals surface area contributed by atoms with Gasteiger partial charge in [-0.2, -0.15) is 12.0 Å². The molecule has 0 bridgehead atoms. The van der Waals surface area contributed by atoms with Gasteiger partial charge in [0.1, 0.15) is 0 Å². The van der Waals surface area contributed by atoms with E-state index in [1.165, 1.54) is 19.3 Å². The van der Waals surface area contributed by atoms with E-state index in [2.05, 4.69) is 6.92 Å². The average molecular weight is 542 g/mol. The Bertz CT molecular complexity index is 426. The van der Waals surface area contributed by atoms with Crippen LogP contribution >= 0.6 is 0 Å². The maximum Gasteiger partial charge on any atom is 2.00 e. The molecule has 0 aromatic heterocycles. The molecule has 0 aromatic rings. The minimum absolute atomic E-state index is 0. The van der Waals surface area contributed by atoms with Crippen molar-refractivity contribution in [1.82, 2.24) is 0 Å². The molecule has 0 aromatic carbocycles. The number of carbonyl (C=O) groups is 4. The minimum Gasteiger partial charge on any atom is -0.677 e. The zero-order valence-electron chi connectivity index (χ0n) is 12.8. The molecule has 0 unspecified atom stereocenters. The molecule has 0 aliphatic heterocycles. The molecule has 2 fully saturated rings. The summed E-state index contributed by atoms with van der Waals surface area (Å²) in [4.78, 5) is 38.5. The van der Waals surface area contributed by atoms with Crippen molar-refractivity contribution in [3.63, 3.8) is 0 Å². The molecule has 0 saturated heterocycles. The van der Waals surface area contributed by atoms with Crippen molar-refractivity contribution in [3.05, 3.63) is 12.7 Å². The van der Waals surface area contributed by atoms with Gasteiger partial charge < -0.3 is 33.1 Å². The summed E-state index contributed by atoms with van der Waals surface area (Å²) in [7, 11) is 0. The fourth-order valence-corrected chi connectivity index (χ4v) is 1.85. The minimum atomic E-state index is -1.82. The van der Waals surface area contributed by atoms with Gasteiger partial charge in [0.05, 0.1) is 0 Å². The van der Waals surface area contributed by atoms with Crippen LogP contribution in [0.15, 0.2) is 0 Å². The first-order chi connectivity index (χ1) is 10.5. The van der Waals surface area contributed by atoms with E-state index in [4.69, 9.17) is 35.7 Å². The van der Waals surface area contributed by atoms with Gasteiger partial charge in [0, 0.05) is 0 Å². The van der Waals surface area contributed by atoms with Crippen molar-refractivity contribution in [2.24, 2.45) is 11.3 Å². The van der Waals surface area contributed by atoms with Gasteiger partial charge in [0.15, 0.2) is 5.41 Å². The van der Waals surface area contributed by atoms with E-state index in [9.17, 15) is 9.59 Å². The van der Waals surface area contributed by atoms with E-state index in [0.29, 0.717) is 5.92 Å². The van der Waals surface area contributed by atoms with Crippen LogP contribution in [0.3, 0.4) is 0 Å². The normalized spacial score (nSPS) is 22.0. The summed E-state index contributed by atoms with van der Waals surface area (Å²) in [6.07, 6.45) is 5.35. The smallest absolute Gasteiger partial charge is 0.677 e. The Kier molecular flexibility index (Phi) is 14.5. The summed E-state index contributed by atoms with van der Waals surface area (Å²) in [5.74, 6) is -5.65. The van der Waals surface area contributed by atoms with E-state index >= 15 is 0 Å². The Morgan fingerprint density at radius 1 is 0.880 bits per heavy atom. The summed E-state index contributed by atoms with van der Waals surface area (Å²) < 4.78 is 0. The summed E-state index contributed by atoms with van der Waals surface area (Å²) in [6, 6.07) is 0.142. The summed E-state index contributed by atoms with van der Waals surface area (Å²) >= 11 is 0. The van der Waals surface area contributed by atoms with Crippen LogP contribution in [0.25, 0.3) is 5.73 Å². The van der Waals surface area contributed by atoms with Gasteiger partial charge in [0.25, 0.3) is 0 Å².